The zero-order valence-electron chi connectivity index (χ0n) is 22.8. The number of aliphatic carboxylic acids is 2. The Morgan fingerprint density at radius 2 is 0.615 bits per heavy atom. The van der Waals surface area contributed by atoms with Crippen LogP contribution < -0.4 is 0 Å². The minimum absolute atomic E-state index is 0.790. The first-order valence-corrected chi connectivity index (χ1v) is 11.3. The number of hydrogen-bond acceptors (Lipinski definition) is 4. The van der Waals surface area contributed by atoms with E-state index in [1.54, 1.807) is 0 Å². The summed E-state index contributed by atoms with van der Waals surface area (Å²) < 4.78 is 366. The van der Waals surface area contributed by atoms with E-state index in [1.807, 2.05) is 0 Å². The molecule has 32 heteroatoms. The number of carbonyl (C=O) groups is 2. The smallest absolute Gasteiger partial charge is 0.450 e. The van der Waals surface area contributed by atoms with Crippen molar-refractivity contribution in [1.29, 1.82) is 0 Å². The third kappa shape index (κ3) is 4.04. The normalized spacial score (nSPS) is 33.1. The number of halogens is 26. The van der Waals surface area contributed by atoms with Crippen molar-refractivity contribution in [1.82, 2.24) is 0 Å². The van der Waals surface area contributed by atoms with Crippen LogP contribution in [0.1, 0.15) is 0 Å². The minimum Gasteiger partial charge on any atom is -0.476 e. The maximum Gasteiger partial charge on any atom is 0.450 e. The molecule has 0 atom stereocenters. The molecule has 0 radical (unpaired) electrons. The van der Waals surface area contributed by atoms with Crippen LogP contribution in [0, 0.1) is 10.8 Å². The largest absolute Gasteiger partial charge is 0.476 e. The first-order chi connectivity index (χ1) is 22.4. The zero-order valence-corrected chi connectivity index (χ0v) is 22.8. The van der Waals surface area contributed by atoms with Crippen LogP contribution in [0.4, 0.5) is 114 Å². The molecule has 2 N–H and O–H groups in total. The molecular weight excluding hydrogens is 830 g/mol. The molecule has 0 aromatic rings. The molecule has 0 heterocycles. The van der Waals surface area contributed by atoms with Gasteiger partial charge in [0.15, 0.2) is 0 Å². The van der Waals surface area contributed by atoms with Crippen LogP contribution in [0.2, 0.25) is 0 Å². The number of hydrogen-bond donors (Lipinski definition) is 2. The fourth-order valence-corrected chi connectivity index (χ4v) is 5.63. The summed E-state index contributed by atoms with van der Waals surface area (Å²) in [4.78, 5) is 20.0. The lowest BCUT2D eigenvalue weighted by atomic mass is 9.30. The van der Waals surface area contributed by atoms with Crippen molar-refractivity contribution in [3.63, 3.8) is 0 Å². The Balaban J connectivity index is 0.000000967. The van der Waals surface area contributed by atoms with E-state index in [2.05, 4.69) is 13.2 Å². The van der Waals surface area contributed by atoms with Crippen molar-refractivity contribution in [3.05, 3.63) is 24.8 Å². The zero-order chi connectivity index (χ0) is 42.7. The van der Waals surface area contributed by atoms with Crippen molar-refractivity contribution >= 4 is 11.9 Å². The van der Waals surface area contributed by atoms with Gasteiger partial charge < -0.3 is 10.2 Å². The van der Waals surface area contributed by atoms with E-state index in [0.717, 1.165) is 9.88 Å². The maximum atomic E-state index is 15.2. The third-order valence-corrected chi connectivity index (χ3v) is 7.75. The molecule has 0 aromatic carbocycles. The molecule has 4 rings (SSSR count). The lowest BCUT2D eigenvalue weighted by Crippen LogP contribution is -3.10. The quantitative estimate of drug-likeness (QED) is 0.188. The van der Waals surface area contributed by atoms with Gasteiger partial charge in [-0.1, -0.05) is 13.2 Å². The van der Waals surface area contributed by atoms with Gasteiger partial charge >= 0.3 is 77.0 Å². The third-order valence-electron chi connectivity index (χ3n) is 7.75. The van der Waals surface area contributed by atoms with Crippen LogP contribution in [0.5, 0.6) is 0 Å². The fraction of sp³-hybridized carbons (Fsp3) is 0.700. The van der Waals surface area contributed by atoms with Crippen molar-refractivity contribution < 1.29 is 144 Å². The van der Waals surface area contributed by atoms with Crippen molar-refractivity contribution in [2.75, 3.05) is 0 Å². The summed E-state index contributed by atoms with van der Waals surface area (Å²) in [7, 11) is 0. The Labute approximate surface area is 264 Å². The molecule has 4 aliphatic rings. The molecule has 4 bridgehead atoms. The summed E-state index contributed by atoms with van der Waals surface area (Å²) >= 11 is 0. The molecule has 0 amide bonds. The van der Waals surface area contributed by atoms with Crippen LogP contribution in [-0.2, 0) is 19.5 Å². The highest BCUT2D eigenvalue weighted by Gasteiger charge is 3.27. The van der Waals surface area contributed by atoms with E-state index in [9.17, 15) is 106 Å². The fourth-order valence-electron chi connectivity index (χ4n) is 5.63. The van der Waals surface area contributed by atoms with Crippen LogP contribution in [0.25, 0.3) is 0 Å². The Morgan fingerprint density at radius 3 is 0.750 bits per heavy atom. The van der Waals surface area contributed by atoms with Gasteiger partial charge in [-0.25, -0.2) is 62.3 Å². The van der Waals surface area contributed by atoms with E-state index < -0.39 is 105 Å². The second-order valence-corrected chi connectivity index (χ2v) is 10.0. The van der Waals surface area contributed by atoms with E-state index >= 15 is 17.6 Å². The molecule has 0 unspecified atom stereocenters. The van der Waals surface area contributed by atoms with Crippen molar-refractivity contribution in [2.45, 2.75) is 70.9 Å². The lowest BCUT2D eigenvalue weighted by Gasteiger charge is -2.78. The average molecular weight is 836 g/mol. The first-order valence-electron chi connectivity index (χ1n) is 11.3. The number of rotatable bonds is 8. The molecule has 6 nitrogen and oxygen atoms in total. The highest BCUT2D eigenvalue weighted by atomic mass is 19.4. The number of carboxylic acid groups (broad SMARTS) is 2. The standard InChI is InChI=1S/C14F24O2.2C3H3FO2/c15-3-6(19,20)1(10(27,28)13(33,34)39-37)5(17,18)2(8(3,23)24,11(29,30)14(35,36)40-38)9(25,26)4(16,7(1,21)22)12(3,31)32;2*1-2(4)3(5)6/h;2*1H2,(H,5,6). The van der Waals surface area contributed by atoms with Gasteiger partial charge in [0, 0.05) is 0 Å². The second kappa shape index (κ2) is 11.5. The van der Waals surface area contributed by atoms with Gasteiger partial charge in [0.2, 0.25) is 22.5 Å². The SMILES string of the molecule is C=C(F)C(=O)O.C=C(F)C(=O)O.FOC(F)(F)C(F)(F)C12C(F)(F)C3(F)C(F)(F)C(F)(C1(F)F)C(F)(F)C(C(F)(F)C(F)(F)OF)(C3(F)F)C2(F)F. The molecule has 0 saturated heterocycles. The van der Waals surface area contributed by atoms with E-state index in [1.165, 1.54) is 0 Å². The second-order valence-electron chi connectivity index (χ2n) is 10.0. The van der Waals surface area contributed by atoms with Gasteiger partial charge in [-0.2, -0.15) is 52.7 Å². The van der Waals surface area contributed by atoms with Gasteiger partial charge in [-0.05, 0) is 9.05 Å². The van der Waals surface area contributed by atoms with Gasteiger partial charge in [-0.15, -0.1) is 9.88 Å². The van der Waals surface area contributed by atoms with Crippen LogP contribution in [0.15, 0.2) is 24.8 Å². The Kier molecular flexibility index (Phi) is 10.3. The Hall–Kier alpha value is -3.48. The Bertz CT molecular complexity index is 1340. The first kappa shape index (κ1) is 46.5. The Morgan fingerprint density at radius 1 is 0.442 bits per heavy atom. The summed E-state index contributed by atoms with van der Waals surface area (Å²) in [6.07, 6.45) is -16.7. The highest BCUT2D eigenvalue weighted by Crippen LogP contribution is 2.96. The summed E-state index contributed by atoms with van der Waals surface area (Å²) in [6, 6.07) is 0. The van der Waals surface area contributed by atoms with E-state index in [4.69, 9.17) is 10.2 Å². The predicted octanol–water partition coefficient (Wildman–Crippen LogP) is 8.60. The molecule has 52 heavy (non-hydrogen) atoms. The predicted molar refractivity (Wildman–Crippen MR) is 102 cm³/mol. The summed E-state index contributed by atoms with van der Waals surface area (Å²) in [6.45, 7) is 4.98. The maximum absolute atomic E-state index is 15.2. The highest BCUT2D eigenvalue weighted by molar-refractivity contribution is 5.83. The molecule has 4 saturated carbocycles. The van der Waals surface area contributed by atoms with Crippen LogP contribution >= 0.6 is 0 Å². The van der Waals surface area contributed by atoms with Gasteiger partial charge in [0.25, 0.3) is 5.92 Å². The summed E-state index contributed by atoms with van der Waals surface area (Å²) in [5.41, 5.74) is -37.6. The molecule has 304 valence electrons. The molecule has 4 aliphatic carbocycles. The van der Waals surface area contributed by atoms with Gasteiger partial charge in [0.05, 0.1) is 0 Å². The topological polar surface area (TPSA) is 93.1 Å². The van der Waals surface area contributed by atoms with E-state index in [0.29, 0.717) is 0 Å². The number of carboxylic acids is 2. The number of alkyl halides is 22. The van der Waals surface area contributed by atoms with Crippen molar-refractivity contribution in [3.8, 4) is 0 Å². The summed E-state index contributed by atoms with van der Waals surface area (Å²) in [5, 5.41) is 15.0. The van der Waals surface area contributed by atoms with Crippen molar-refractivity contribution in [2.24, 2.45) is 10.8 Å². The van der Waals surface area contributed by atoms with Crippen LogP contribution in [0.3, 0.4) is 0 Å². The minimum atomic E-state index is -9.74. The van der Waals surface area contributed by atoms with Gasteiger partial charge in [0.1, 0.15) is 0 Å². The molecule has 4 fully saturated rings. The van der Waals surface area contributed by atoms with Crippen LogP contribution in [-0.4, -0.2) is 93.1 Å². The van der Waals surface area contributed by atoms with Gasteiger partial charge in [-0.3, -0.25) is 0 Å². The summed E-state index contributed by atoms with van der Waals surface area (Å²) in [5.74, 6) is -80.6. The molecule has 0 aromatic heterocycles. The van der Waals surface area contributed by atoms with E-state index in [-0.39, 0.29) is 0 Å². The average Bonchev–Trinajstić information content (AvgIpc) is 2.93. The lowest BCUT2D eigenvalue weighted by molar-refractivity contribution is -0.668. The molecular formula is C20H6F26O6. The molecule has 0 spiro atoms. The molecule has 0 aliphatic heterocycles. The monoisotopic (exact) mass is 836 g/mol.